The Morgan fingerprint density at radius 1 is 1.47 bits per heavy atom. The second-order valence-electron chi connectivity index (χ2n) is 4.93. The molecule has 0 aliphatic carbocycles. The SMILES string of the molecule is CCC(C)(C=O)CN(C)Cc1cccc(Cl)c1. The van der Waals surface area contributed by atoms with Gasteiger partial charge in [-0.05, 0) is 31.2 Å². The van der Waals surface area contributed by atoms with Crippen LogP contribution in [0.3, 0.4) is 0 Å². The molecule has 1 unspecified atom stereocenters. The third-order valence-electron chi connectivity index (χ3n) is 3.06. The average molecular weight is 254 g/mol. The van der Waals surface area contributed by atoms with Crippen molar-refractivity contribution >= 4 is 17.9 Å². The van der Waals surface area contributed by atoms with Crippen LogP contribution >= 0.6 is 11.6 Å². The Morgan fingerprint density at radius 3 is 2.71 bits per heavy atom. The maximum absolute atomic E-state index is 11.1. The number of carbonyl (C=O) groups excluding carboxylic acids is 1. The summed E-state index contributed by atoms with van der Waals surface area (Å²) in [4.78, 5) is 13.2. The molecule has 0 fully saturated rings. The Labute approximate surface area is 109 Å². The standard InChI is InChI=1S/C14H20ClNO/c1-4-14(2,11-17)10-16(3)9-12-6-5-7-13(15)8-12/h5-8,11H,4,9-10H2,1-3H3. The molecule has 0 spiro atoms. The molecule has 1 atom stereocenters. The number of rotatable bonds is 6. The highest BCUT2D eigenvalue weighted by Crippen LogP contribution is 2.20. The molecular weight excluding hydrogens is 234 g/mol. The van der Waals surface area contributed by atoms with Crippen molar-refractivity contribution in [3.63, 3.8) is 0 Å². The van der Waals surface area contributed by atoms with Gasteiger partial charge in [0, 0.05) is 23.5 Å². The summed E-state index contributed by atoms with van der Waals surface area (Å²) in [5.41, 5.74) is 0.914. The van der Waals surface area contributed by atoms with E-state index in [9.17, 15) is 4.79 Å². The van der Waals surface area contributed by atoms with Crippen molar-refractivity contribution in [2.24, 2.45) is 5.41 Å². The summed E-state index contributed by atoms with van der Waals surface area (Å²) in [6.07, 6.45) is 1.91. The number of hydrogen-bond acceptors (Lipinski definition) is 2. The zero-order chi connectivity index (χ0) is 12.9. The van der Waals surface area contributed by atoms with Crippen LogP contribution in [0.4, 0.5) is 0 Å². The molecule has 0 aliphatic heterocycles. The lowest BCUT2D eigenvalue weighted by Crippen LogP contribution is -2.33. The first kappa shape index (κ1) is 14.2. The maximum atomic E-state index is 11.1. The third-order valence-corrected chi connectivity index (χ3v) is 3.30. The van der Waals surface area contributed by atoms with Crippen LogP contribution in [0.1, 0.15) is 25.8 Å². The molecule has 3 heteroatoms. The summed E-state index contributed by atoms with van der Waals surface area (Å²) < 4.78 is 0. The van der Waals surface area contributed by atoms with Gasteiger partial charge in [-0.3, -0.25) is 0 Å². The lowest BCUT2D eigenvalue weighted by molar-refractivity contribution is -0.116. The molecule has 0 radical (unpaired) electrons. The van der Waals surface area contributed by atoms with Crippen LogP contribution in [-0.2, 0) is 11.3 Å². The molecule has 1 aromatic carbocycles. The Morgan fingerprint density at radius 2 is 2.18 bits per heavy atom. The Balaban J connectivity index is 2.61. The first-order chi connectivity index (χ1) is 7.99. The highest BCUT2D eigenvalue weighted by molar-refractivity contribution is 6.30. The van der Waals surface area contributed by atoms with Crippen LogP contribution < -0.4 is 0 Å². The highest BCUT2D eigenvalue weighted by Gasteiger charge is 2.22. The van der Waals surface area contributed by atoms with Crippen LogP contribution in [-0.4, -0.2) is 24.8 Å². The Kier molecular flexibility index (Phi) is 5.16. The van der Waals surface area contributed by atoms with Gasteiger partial charge in [-0.15, -0.1) is 0 Å². The van der Waals surface area contributed by atoms with E-state index in [1.807, 2.05) is 45.2 Å². The quantitative estimate of drug-likeness (QED) is 0.725. The minimum Gasteiger partial charge on any atom is -0.303 e. The van der Waals surface area contributed by atoms with E-state index in [2.05, 4.69) is 4.90 Å². The first-order valence-electron chi connectivity index (χ1n) is 5.88. The molecule has 0 saturated heterocycles. The van der Waals surface area contributed by atoms with E-state index < -0.39 is 0 Å². The smallest absolute Gasteiger partial charge is 0.127 e. The van der Waals surface area contributed by atoms with E-state index in [1.54, 1.807) is 0 Å². The van der Waals surface area contributed by atoms with E-state index in [0.29, 0.717) is 0 Å². The predicted octanol–water partition coefficient (Wildman–Crippen LogP) is 3.39. The van der Waals surface area contributed by atoms with E-state index in [4.69, 9.17) is 11.6 Å². The number of hydrogen-bond donors (Lipinski definition) is 0. The van der Waals surface area contributed by atoms with E-state index in [0.717, 1.165) is 30.8 Å². The number of carbonyl (C=O) groups is 1. The molecule has 0 bridgehead atoms. The van der Waals surface area contributed by atoms with Gasteiger partial charge in [0.2, 0.25) is 0 Å². The summed E-state index contributed by atoms with van der Waals surface area (Å²) in [5.74, 6) is 0. The number of halogens is 1. The van der Waals surface area contributed by atoms with E-state index >= 15 is 0 Å². The van der Waals surface area contributed by atoms with Crippen LogP contribution in [0.15, 0.2) is 24.3 Å². The van der Waals surface area contributed by atoms with Crippen LogP contribution in [0.25, 0.3) is 0 Å². The lowest BCUT2D eigenvalue weighted by atomic mass is 9.89. The zero-order valence-corrected chi connectivity index (χ0v) is 11.5. The van der Waals surface area contributed by atoms with E-state index in [1.165, 1.54) is 5.56 Å². The summed E-state index contributed by atoms with van der Waals surface area (Å²) in [6.45, 7) is 5.61. The van der Waals surface area contributed by atoms with Gasteiger partial charge in [0.15, 0.2) is 0 Å². The van der Waals surface area contributed by atoms with E-state index in [-0.39, 0.29) is 5.41 Å². The summed E-state index contributed by atoms with van der Waals surface area (Å²) in [6, 6.07) is 7.83. The van der Waals surface area contributed by atoms with Gasteiger partial charge in [-0.2, -0.15) is 0 Å². The molecule has 17 heavy (non-hydrogen) atoms. The van der Waals surface area contributed by atoms with Gasteiger partial charge in [0.25, 0.3) is 0 Å². The van der Waals surface area contributed by atoms with Gasteiger partial charge in [0.05, 0.1) is 0 Å². The van der Waals surface area contributed by atoms with Crippen molar-refractivity contribution in [3.8, 4) is 0 Å². The number of benzene rings is 1. The largest absolute Gasteiger partial charge is 0.303 e. The molecule has 0 N–H and O–H groups in total. The Bertz CT molecular complexity index is 380. The maximum Gasteiger partial charge on any atom is 0.127 e. The minimum atomic E-state index is -0.257. The second-order valence-corrected chi connectivity index (χ2v) is 5.36. The first-order valence-corrected chi connectivity index (χ1v) is 6.26. The number of aldehydes is 1. The fourth-order valence-electron chi connectivity index (χ4n) is 1.85. The van der Waals surface area contributed by atoms with Crippen molar-refractivity contribution in [2.75, 3.05) is 13.6 Å². The summed E-state index contributed by atoms with van der Waals surface area (Å²) in [5, 5.41) is 0.754. The molecule has 0 aromatic heterocycles. The van der Waals surface area contributed by atoms with Gasteiger partial charge >= 0.3 is 0 Å². The summed E-state index contributed by atoms with van der Waals surface area (Å²) >= 11 is 5.94. The molecule has 0 saturated carbocycles. The van der Waals surface area contributed by atoms with Crippen molar-refractivity contribution in [1.82, 2.24) is 4.90 Å². The van der Waals surface area contributed by atoms with Crippen molar-refractivity contribution < 1.29 is 4.79 Å². The van der Waals surface area contributed by atoms with Gasteiger partial charge < -0.3 is 9.69 Å². The third kappa shape index (κ3) is 4.49. The van der Waals surface area contributed by atoms with Crippen molar-refractivity contribution in [1.29, 1.82) is 0 Å². The van der Waals surface area contributed by atoms with Gasteiger partial charge in [-0.1, -0.05) is 37.6 Å². The minimum absolute atomic E-state index is 0.257. The molecule has 0 amide bonds. The fourth-order valence-corrected chi connectivity index (χ4v) is 2.06. The van der Waals surface area contributed by atoms with Crippen molar-refractivity contribution in [3.05, 3.63) is 34.9 Å². The van der Waals surface area contributed by atoms with Crippen LogP contribution in [0, 0.1) is 5.41 Å². The monoisotopic (exact) mass is 253 g/mol. The number of nitrogens with zero attached hydrogens (tertiary/aromatic N) is 1. The molecule has 2 nitrogen and oxygen atoms in total. The van der Waals surface area contributed by atoms with Crippen LogP contribution in [0.5, 0.6) is 0 Å². The van der Waals surface area contributed by atoms with Crippen molar-refractivity contribution in [2.45, 2.75) is 26.8 Å². The fraction of sp³-hybridized carbons (Fsp3) is 0.500. The highest BCUT2D eigenvalue weighted by atomic mass is 35.5. The normalized spacial score (nSPS) is 14.6. The predicted molar refractivity (Wildman–Crippen MR) is 72.2 cm³/mol. The van der Waals surface area contributed by atoms with Gasteiger partial charge in [0.1, 0.15) is 6.29 Å². The molecule has 1 rings (SSSR count). The summed E-state index contributed by atoms with van der Waals surface area (Å²) in [7, 11) is 2.03. The topological polar surface area (TPSA) is 20.3 Å². The average Bonchev–Trinajstić information content (AvgIpc) is 2.28. The zero-order valence-electron chi connectivity index (χ0n) is 10.7. The Hall–Kier alpha value is -0.860. The lowest BCUT2D eigenvalue weighted by Gasteiger charge is -2.27. The van der Waals surface area contributed by atoms with Gasteiger partial charge in [-0.25, -0.2) is 0 Å². The van der Waals surface area contributed by atoms with Crippen LogP contribution in [0.2, 0.25) is 5.02 Å². The molecule has 0 heterocycles. The molecule has 94 valence electrons. The molecular formula is C14H20ClNO. The molecule has 1 aromatic rings. The second kappa shape index (κ2) is 6.18. The molecule has 0 aliphatic rings.